The van der Waals surface area contributed by atoms with Crippen LogP contribution in [0.2, 0.25) is 0 Å². The lowest BCUT2D eigenvalue weighted by molar-refractivity contribution is -0.152. The van der Waals surface area contributed by atoms with Crippen LogP contribution in [0.25, 0.3) is 0 Å². The van der Waals surface area contributed by atoms with Crippen molar-refractivity contribution in [2.24, 2.45) is 10.6 Å². The van der Waals surface area contributed by atoms with Crippen LogP contribution in [0.1, 0.15) is 13.8 Å². The van der Waals surface area contributed by atoms with Crippen LogP contribution in [0.5, 0.6) is 0 Å². The van der Waals surface area contributed by atoms with E-state index in [4.69, 9.17) is 10.00 Å². The highest BCUT2D eigenvalue weighted by atomic mass is 16.6. The van der Waals surface area contributed by atoms with Gasteiger partial charge in [0.25, 0.3) is 5.91 Å². The van der Waals surface area contributed by atoms with Crippen molar-refractivity contribution in [3.8, 4) is 6.07 Å². The average Bonchev–Trinajstić information content (AvgIpc) is 2.41. The molecule has 0 aliphatic rings. The van der Waals surface area contributed by atoms with Gasteiger partial charge in [-0.15, -0.1) is 0 Å². The molecule has 0 heterocycles. The van der Waals surface area contributed by atoms with Crippen LogP contribution >= 0.6 is 0 Å². The zero-order valence-electron chi connectivity index (χ0n) is 11.6. The quantitative estimate of drug-likeness (QED) is 0.426. The number of imide groups is 1. The van der Waals surface area contributed by atoms with Crippen molar-refractivity contribution < 1.29 is 28.7 Å². The van der Waals surface area contributed by atoms with Gasteiger partial charge < -0.3 is 14.3 Å². The second kappa shape index (κ2) is 7.73. The van der Waals surface area contributed by atoms with E-state index in [0.717, 1.165) is 7.11 Å². The minimum atomic E-state index is -1.12. The standard InChI is InChI=1S/C11H15N3O6/c1-11(2,9(16)18-3)6-20-10(17)13-8(15)7(5-12)14-19-4/h6H2,1-4H3,(H,13,15,17)/b14-7+. The number of amides is 2. The molecule has 20 heavy (non-hydrogen) atoms. The lowest BCUT2D eigenvalue weighted by atomic mass is 9.95. The molecule has 0 saturated heterocycles. The van der Waals surface area contributed by atoms with Crippen LogP contribution in [0, 0.1) is 16.7 Å². The lowest BCUT2D eigenvalue weighted by Gasteiger charge is -2.20. The van der Waals surface area contributed by atoms with Crippen LogP contribution in [0.4, 0.5) is 4.79 Å². The summed E-state index contributed by atoms with van der Waals surface area (Å²) in [6, 6.07) is 1.44. The highest BCUT2D eigenvalue weighted by Gasteiger charge is 2.31. The Kier molecular flexibility index (Phi) is 6.71. The first-order chi connectivity index (χ1) is 9.28. The predicted octanol–water partition coefficient (Wildman–Crippen LogP) is -0.0356. The van der Waals surface area contributed by atoms with E-state index in [1.165, 1.54) is 27.0 Å². The summed E-state index contributed by atoms with van der Waals surface area (Å²) in [5.74, 6) is -1.65. The van der Waals surface area contributed by atoms with Gasteiger partial charge in [-0.2, -0.15) is 5.26 Å². The van der Waals surface area contributed by atoms with Gasteiger partial charge in [0, 0.05) is 0 Å². The van der Waals surface area contributed by atoms with Crippen LogP contribution < -0.4 is 5.32 Å². The molecule has 9 heteroatoms. The van der Waals surface area contributed by atoms with Gasteiger partial charge in [-0.05, 0) is 13.8 Å². The van der Waals surface area contributed by atoms with Gasteiger partial charge >= 0.3 is 12.1 Å². The van der Waals surface area contributed by atoms with Crippen LogP contribution in [0.15, 0.2) is 5.16 Å². The first-order valence-electron chi connectivity index (χ1n) is 5.36. The summed E-state index contributed by atoms with van der Waals surface area (Å²) >= 11 is 0. The molecule has 0 fully saturated rings. The summed E-state index contributed by atoms with van der Waals surface area (Å²) in [5.41, 5.74) is -1.70. The zero-order chi connectivity index (χ0) is 15.8. The van der Waals surface area contributed by atoms with Crippen molar-refractivity contribution in [3.63, 3.8) is 0 Å². The molecule has 0 atom stereocenters. The highest BCUT2D eigenvalue weighted by molar-refractivity contribution is 6.46. The molecule has 0 rings (SSSR count). The molecular weight excluding hydrogens is 270 g/mol. The average molecular weight is 285 g/mol. The molecular formula is C11H15N3O6. The number of esters is 1. The summed E-state index contributed by atoms with van der Waals surface area (Å²) < 4.78 is 9.22. The molecule has 0 aliphatic carbocycles. The van der Waals surface area contributed by atoms with Crippen molar-refractivity contribution >= 4 is 23.7 Å². The smallest absolute Gasteiger partial charge is 0.414 e. The molecule has 0 radical (unpaired) electrons. The maximum absolute atomic E-state index is 11.4. The van der Waals surface area contributed by atoms with Gasteiger partial charge in [0.15, 0.2) is 0 Å². The number of nitriles is 1. The van der Waals surface area contributed by atoms with E-state index >= 15 is 0 Å². The number of hydrogen-bond acceptors (Lipinski definition) is 8. The van der Waals surface area contributed by atoms with E-state index < -0.39 is 29.1 Å². The Bertz CT molecular complexity index is 463. The largest absolute Gasteiger partial charge is 0.469 e. The van der Waals surface area contributed by atoms with Crippen LogP contribution in [-0.4, -0.2) is 44.5 Å². The Hall–Kier alpha value is -2.63. The molecule has 0 unspecified atom stereocenters. The predicted molar refractivity (Wildman–Crippen MR) is 65.3 cm³/mol. The highest BCUT2D eigenvalue weighted by Crippen LogP contribution is 2.17. The maximum atomic E-state index is 11.4. The summed E-state index contributed by atoms with van der Waals surface area (Å²) in [7, 11) is 2.34. The maximum Gasteiger partial charge on any atom is 0.414 e. The number of methoxy groups -OCH3 is 1. The Morgan fingerprint density at radius 2 is 1.90 bits per heavy atom. The van der Waals surface area contributed by atoms with Gasteiger partial charge in [-0.25, -0.2) is 4.79 Å². The van der Waals surface area contributed by atoms with Crippen molar-refractivity contribution in [1.82, 2.24) is 5.32 Å². The number of alkyl carbamates (subject to hydrolysis) is 1. The number of ether oxygens (including phenoxy) is 2. The van der Waals surface area contributed by atoms with E-state index in [-0.39, 0.29) is 6.61 Å². The van der Waals surface area contributed by atoms with Crippen molar-refractivity contribution in [2.75, 3.05) is 20.8 Å². The Labute approximate surface area is 115 Å². The fourth-order valence-corrected chi connectivity index (χ4v) is 0.973. The van der Waals surface area contributed by atoms with E-state index in [2.05, 4.69) is 14.7 Å². The molecule has 110 valence electrons. The third-order valence-electron chi connectivity index (χ3n) is 2.02. The number of oxime groups is 1. The third kappa shape index (κ3) is 5.34. The number of carbonyl (C=O) groups is 3. The van der Waals surface area contributed by atoms with Gasteiger partial charge in [-0.3, -0.25) is 14.9 Å². The molecule has 1 N–H and O–H groups in total. The zero-order valence-corrected chi connectivity index (χ0v) is 11.6. The topological polar surface area (TPSA) is 127 Å². The van der Waals surface area contributed by atoms with Crippen molar-refractivity contribution in [3.05, 3.63) is 0 Å². The summed E-state index contributed by atoms with van der Waals surface area (Å²) in [6.45, 7) is 2.70. The third-order valence-corrected chi connectivity index (χ3v) is 2.02. The van der Waals surface area contributed by atoms with Gasteiger partial charge in [0.05, 0.1) is 12.5 Å². The fourth-order valence-electron chi connectivity index (χ4n) is 0.973. The normalized spacial score (nSPS) is 11.1. The van der Waals surface area contributed by atoms with E-state index in [9.17, 15) is 14.4 Å². The van der Waals surface area contributed by atoms with Crippen LogP contribution in [-0.2, 0) is 23.9 Å². The summed E-state index contributed by atoms with van der Waals surface area (Å²) in [5, 5.41) is 13.4. The summed E-state index contributed by atoms with van der Waals surface area (Å²) in [6.07, 6.45) is -1.12. The first-order valence-corrected chi connectivity index (χ1v) is 5.36. The van der Waals surface area contributed by atoms with Gasteiger partial charge in [0.2, 0.25) is 5.71 Å². The number of nitrogens with zero attached hydrogens (tertiary/aromatic N) is 2. The van der Waals surface area contributed by atoms with Crippen molar-refractivity contribution in [1.29, 1.82) is 5.26 Å². The monoisotopic (exact) mass is 285 g/mol. The summed E-state index contributed by atoms with van der Waals surface area (Å²) in [4.78, 5) is 38.3. The molecule has 0 aliphatic heterocycles. The lowest BCUT2D eigenvalue weighted by Crippen LogP contribution is -2.39. The number of hydrogen-bond donors (Lipinski definition) is 1. The van der Waals surface area contributed by atoms with Crippen LogP contribution in [0.3, 0.4) is 0 Å². The van der Waals surface area contributed by atoms with Gasteiger partial charge in [0.1, 0.15) is 19.8 Å². The SMILES string of the molecule is CO/N=C(\C#N)C(=O)NC(=O)OCC(C)(C)C(=O)OC. The fraction of sp³-hybridized carbons (Fsp3) is 0.545. The van der Waals surface area contributed by atoms with Crippen molar-refractivity contribution in [2.45, 2.75) is 13.8 Å². The molecule has 0 aromatic rings. The van der Waals surface area contributed by atoms with E-state index in [1.807, 2.05) is 0 Å². The van der Waals surface area contributed by atoms with E-state index in [0.29, 0.717) is 0 Å². The minimum Gasteiger partial charge on any atom is -0.469 e. The number of nitrogens with one attached hydrogen (secondary N) is 1. The molecule has 0 spiro atoms. The second-order valence-corrected chi connectivity index (χ2v) is 4.14. The molecule has 0 aromatic carbocycles. The van der Waals surface area contributed by atoms with Gasteiger partial charge in [-0.1, -0.05) is 5.16 Å². The second-order valence-electron chi connectivity index (χ2n) is 4.14. The van der Waals surface area contributed by atoms with E-state index in [1.54, 1.807) is 5.32 Å². The molecule has 0 bridgehead atoms. The number of rotatable bonds is 5. The molecule has 0 saturated carbocycles. The minimum absolute atomic E-state index is 0.303. The Morgan fingerprint density at radius 3 is 2.35 bits per heavy atom. The Morgan fingerprint density at radius 1 is 1.30 bits per heavy atom. The molecule has 2 amide bonds. The first kappa shape index (κ1) is 17.4. The Balaban J connectivity index is 4.46. The molecule has 9 nitrogen and oxygen atoms in total. The number of carbonyl (C=O) groups excluding carboxylic acids is 3. The molecule has 0 aromatic heterocycles.